The third-order valence-electron chi connectivity index (χ3n) is 4.34. The minimum Gasteiger partial charge on any atom is -0.462 e. The molecule has 3 aromatic rings. The lowest BCUT2D eigenvalue weighted by molar-refractivity contribution is 0.0526. The summed E-state index contributed by atoms with van der Waals surface area (Å²) in [5.41, 5.74) is 2.64. The number of nitrogens with one attached hydrogen (secondary N) is 2. The standard InChI is InChI=1S/C23H23N3O3/c1-3-29-23(28)18-9-11-20(12-10-18)26-22(27)19-13-14-24-21(15-19)25-16(2)17-7-5-4-6-8-17/h4-16H,3H2,1-2H3,(H,24,25)(H,26,27). The van der Waals surface area contributed by atoms with Crippen LogP contribution in [0.3, 0.4) is 0 Å². The molecule has 0 saturated carbocycles. The number of carbonyl (C=O) groups is 2. The van der Waals surface area contributed by atoms with Crippen molar-refractivity contribution in [2.45, 2.75) is 19.9 Å². The summed E-state index contributed by atoms with van der Waals surface area (Å²) in [5.74, 6) is -0.0267. The van der Waals surface area contributed by atoms with Gasteiger partial charge in [-0.1, -0.05) is 30.3 Å². The lowest BCUT2D eigenvalue weighted by Gasteiger charge is -2.15. The molecule has 1 amide bonds. The number of benzene rings is 2. The van der Waals surface area contributed by atoms with E-state index in [0.717, 1.165) is 5.56 Å². The van der Waals surface area contributed by atoms with Gasteiger partial charge in [0.25, 0.3) is 5.91 Å². The molecule has 0 saturated heterocycles. The van der Waals surface area contributed by atoms with Gasteiger partial charge in [0, 0.05) is 23.5 Å². The van der Waals surface area contributed by atoms with E-state index < -0.39 is 0 Å². The summed E-state index contributed by atoms with van der Waals surface area (Å²) in [5, 5.41) is 6.13. The monoisotopic (exact) mass is 389 g/mol. The van der Waals surface area contributed by atoms with Gasteiger partial charge in [-0.2, -0.15) is 0 Å². The number of amides is 1. The van der Waals surface area contributed by atoms with E-state index in [0.29, 0.717) is 29.2 Å². The average Bonchev–Trinajstić information content (AvgIpc) is 2.75. The molecule has 0 fully saturated rings. The van der Waals surface area contributed by atoms with Gasteiger partial charge < -0.3 is 15.4 Å². The smallest absolute Gasteiger partial charge is 0.338 e. The van der Waals surface area contributed by atoms with E-state index in [-0.39, 0.29) is 17.9 Å². The van der Waals surface area contributed by atoms with Crippen LogP contribution in [0.25, 0.3) is 0 Å². The highest BCUT2D eigenvalue weighted by molar-refractivity contribution is 6.04. The van der Waals surface area contributed by atoms with Crippen LogP contribution in [0.2, 0.25) is 0 Å². The topological polar surface area (TPSA) is 80.3 Å². The molecule has 0 aliphatic carbocycles. The maximum absolute atomic E-state index is 12.6. The number of pyridine rings is 1. The SMILES string of the molecule is CCOC(=O)c1ccc(NC(=O)c2ccnc(NC(C)c3ccccc3)c2)cc1. The fourth-order valence-corrected chi connectivity index (χ4v) is 2.80. The summed E-state index contributed by atoms with van der Waals surface area (Å²) in [6.45, 7) is 4.11. The zero-order chi connectivity index (χ0) is 20.6. The number of esters is 1. The second-order valence-corrected chi connectivity index (χ2v) is 6.46. The largest absolute Gasteiger partial charge is 0.462 e. The van der Waals surface area contributed by atoms with E-state index in [9.17, 15) is 9.59 Å². The molecule has 1 atom stereocenters. The Kier molecular flexibility index (Phi) is 6.58. The first-order chi connectivity index (χ1) is 14.1. The molecule has 2 aromatic carbocycles. The van der Waals surface area contributed by atoms with Crippen LogP contribution >= 0.6 is 0 Å². The minimum absolute atomic E-state index is 0.0532. The Bertz CT molecular complexity index is 972. The maximum atomic E-state index is 12.6. The fourth-order valence-electron chi connectivity index (χ4n) is 2.80. The highest BCUT2D eigenvalue weighted by Gasteiger charge is 2.11. The van der Waals surface area contributed by atoms with Crippen LogP contribution in [0.15, 0.2) is 72.9 Å². The van der Waals surface area contributed by atoms with Crippen molar-refractivity contribution < 1.29 is 14.3 Å². The third kappa shape index (κ3) is 5.42. The summed E-state index contributed by atoms with van der Waals surface area (Å²) in [6.07, 6.45) is 1.60. The number of nitrogens with zero attached hydrogens (tertiary/aromatic N) is 1. The second kappa shape index (κ2) is 9.50. The number of anilines is 2. The first-order valence-electron chi connectivity index (χ1n) is 9.43. The first kappa shape index (κ1) is 20.1. The molecule has 0 spiro atoms. The highest BCUT2D eigenvalue weighted by Crippen LogP contribution is 2.19. The van der Waals surface area contributed by atoms with Crippen molar-refractivity contribution in [1.82, 2.24) is 4.98 Å². The molecule has 2 N–H and O–H groups in total. The van der Waals surface area contributed by atoms with Gasteiger partial charge in [-0.3, -0.25) is 4.79 Å². The first-order valence-corrected chi connectivity index (χ1v) is 9.43. The quantitative estimate of drug-likeness (QED) is 0.573. The Morgan fingerprint density at radius 2 is 1.72 bits per heavy atom. The van der Waals surface area contributed by atoms with Crippen LogP contribution in [0, 0.1) is 0 Å². The van der Waals surface area contributed by atoms with E-state index in [1.54, 1.807) is 49.5 Å². The van der Waals surface area contributed by atoms with Gasteiger partial charge in [-0.05, 0) is 55.8 Å². The molecular formula is C23H23N3O3. The zero-order valence-electron chi connectivity index (χ0n) is 16.4. The Balaban J connectivity index is 1.65. The zero-order valence-corrected chi connectivity index (χ0v) is 16.4. The van der Waals surface area contributed by atoms with E-state index in [1.807, 2.05) is 37.3 Å². The summed E-state index contributed by atoms with van der Waals surface area (Å²) < 4.78 is 4.95. The van der Waals surface area contributed by atoms with Crippen molar-refractivity contribution in [3.05, 3.63) is 89.6 Å². The van der Waals surface area contributed by atoms with Crippen LogP contribution in [0.4, 0.5) is 11.5 Å². The molecule has 1 heterocycles. The third-order valence-corrected chi connectivity index (χ3v) is 4.34. The Hall–Kier alpha value is -3.67. The normalized spacial score (nSPS) is 11.4. The minimum atomic E-state index is -0.386. The fraction of sp³-hybridized carbons (Fsp3) is 0.174. The number of aromatic nitrogens is 1. The lowest BCUT2D eigenvalue weighted by atomic mass is 10.1. The van der Waals surface area contributed by atoms with Crippen LogP contribution in [-0.4, -0.2) is 23.5 Å². The molecule has 0 radical (unpaired) electrons. The predicted octanol–water partition coefficient (Wildman–Crippen LogP) is 4.68. The van der Waals surface area contributed by atoms with Gasteiger partial charge >= 0.3 is 5.97 Å². The van der Waals surface area contributed by atoms with Gasteiger partial charge in [0.2, 0.25) is 0 Å². The molecule has 0 aliphatic heterocycles. The molecule has 6 heteroatoms. The van der Waals surface area contributed by atoms with E-state index in [4.69, 9.17) is 4.74 Å². The predicted molar refractivity (Wildman–Crippen MR) is 113 cm³/mol. The van der Waals surface area contributed by atoms with Crippen molar-refractivity contribution in [3.8, 4) is 0 Å². The average molecular weight is 389 g/mol. The van der Waals surface area contributed by atoms with Crippen LogP contribution in [0.5, 0.6) is 0 Å². The number of ether oxygens (including phenoxy) is 1. The van der Waals surface area contributed by atoms with Gasteiger partial charge in [0.05, 0.1) is 12.2 Å². The molecule has 1 aromatic heterocycles. The molecule has 6 nitrogen and oxygen atoms in total. The van der Waals surface area contributed by atoms with E-state index in [1.165, 1.54) is 0 Å². The summed E-state index contributed by atoms with van der Waals surface area (Å²) >= 11 is 0. The molecule has 29 heavy (non-hydrogen) atoms. The van der Waals surface area contributed by atoms with Crippen molar-refractivity contribution in [2.24, 2.45) is 0 Å². The molecule has 0 bridgehead atoms. The number of hydrogen-bond donors (Lipinski definition) is 2. The van der Waals surface area contributed by atoms with Crippen molar-refractivity contribution >= 4 is 23.4 Å². The second-order valence-electron chi connectivity index (χ2n) is 6.46. The highest BCUT2D eigenvalue weighted by atomic mass is 16.5. The van der Waals surface area contributed by atoms with Crippen LogP contribution in [-0.2, 0) is 4.74 Å². The van der Waals surface area contributed by atoms with Gasteiger partial charge in [-0.25, -0.2) is 9.78 Å². The van der Waals surface area contributed by atoms with Gasteiger partial charge in [0.15, 0.2) is 0 Å². The Labute approximate surface area is 169 Å². The van der Waals surface area contributed by atoms with Gasteiger partial charge in [0.1, 0.15) is 5.82 Å². The van der Waals surface area contributed by atoms with Crippen molar-refractivity contribution in [2.75, 3.05) is 17.2 Å². The molecular weight excluding hydrogens is 366 g/mol. The molecule has 3 rings (SSSR count). The van der Waals surface area contributed by atoms with Crippen molar-refractivity contribution in [3.63, 3.8) is 0 Å². The van der Waals surface area contributed by atoms with Crippen molar-refractivity contribution in [1.29, 1.82) is 0 Å². The van der Waals surface area contributed by atoms with E-state index >= 15 is 0 Å². The summed E-state index contributed by atoms with van der Waals surface area (Å²) in [7, 11) is 0. The lowest BCUT2D eigenvalue weighted by Crippen LogP contribution is -2.14. The van der Waals surface area contributed by atoms with Crippen LogP contribution < -0.4 is 10.6 Å². The van der Waals surface area contributed by atoms with Crippen LogP contribution in [0.1, 0.15) is 46.2 Å². The number of rotatable bonds is 7. The van der Waals surface area contributed by atoms with E-state index in [2.05, 4.69) is 15.6 Å². The number of hydrogen-bond acceptors (Lipinski definition) is 5. The molecule has 0 aliphatic rings. The molecule has 148 valence electrons. The Morgan fingerprint density at radius 1 is 1.00 bits per heavy atom. The van der Waals surface area contributed by atoms with Gasteiger partial charge in [-0.15, -0.1) is 0 Å². The summed E-state index contributed by atoms with van der Waals surface area (Å²) in [4.78, 5) is 28.6. The Morgan fingerprint density at radius 3 is 2.41 bits per heavy atom. The number of carbonyl (C=O) groups excluding carboxylic acids is 2. The molecule has 1 unspecified atom stereocenters. The maximum Gasteiger partial charge on any atom is 0.338 e. The summed E-state index contributed by atoms with van der Waals surface area (Å²) in [6, 6.07) is 20.0.